The van der Waals surface area contributed by atoms with E-state index >= 15 is 0 Å². The fraction of sp³-hybridized carbons (Fsp3) is 0.350. The molecule has 5 heteroatoms. The second kappa shape index (κ2) is 9.69. The summed E-state index contributed by atoms with van der Waals surface area (Å²) in [4.78, 5) is 12.0. The summed E-state index contributed by atoms with van der Waals surface area (Å²) in [5.41, 5.74) is 1.93. The fourth-order valence-corrected chi connectivity index (χ4v) is 2.36. The number of ether oxygens (including phenoxy) is 2. The van der Waals surface area contributed by atoms with Crippen molar-refractivity contribution in [3.8, 4) is 11.5 Å². The molecule has 0 fully saturated rings. The number of carbonyl (C=O) groups excluding carboxylic acids is 1. The number of hydrogen-bond donors (Lipinski definition) is 2. The Bertz CT molecular complexity index is 669. The zero-order valence-electron chi connectivity index (χ0n) is 15.0. The molecule has 0 heterocycles. The standard InChI is InChI=1S/C20H26N2O3/c1-15(2)25-18-9-7-17(8-10-18)22-20(23)14-21-12-11-16-5-4-6-19(13-16)24-3/h4-10,13,15,21H,11-12,14H2,1-3H3,(H,22,23). The maximum Gasteiger partial charge on any atom is 0.238 e. The van der Waals surface area contributed by atoms with Crippen LogP contribution < -0.4 is 20.1 Å². The Balaban J connectivity index is 1.69. The maximum atomic E-state index is 12.0. The first-order valence-corrected chi connectivity index (χ1v) is 8.47. The minimum atomic E-state index is -0.0665. The average Bonchev–Trinajstić information content (AvgIpc) is 2.60. The average molecular weight is 342 g/mol. The van der Waals surface area contributed by atoms with E-state index in [1.165, 1.54) is 5.56 Å². The first-order chi connectivity index (χ1) is 12.1. The smallest absolute Gasteiger partial charge is 0.238 e. The summed E-state index contributed by atoms with van der Waals surface area (Å²) in [5, 5.41) is 6.01. The molecule has 0 aliphatic heterocycles. The first-order valence-electron chi connectivity index (χ1n) is 8.47. The number of anilines is 1. The van der Waals surface area contributed by atoms with Gasteiger partial charge in [0.05, 0.1) is 19.8 Å². The lowest BCUT2D eigenvalue weighted by Crippen LogP contribution is -2.29. The largest absolute Gasteiger partial charge is 0.497 e. The predicted molar refractivity (Wildman–Crippen MR) is 100 cm³/mol. The Kier molecular flexibility index (Phi) is 7.29. The molecule has 1 amide bonds. The van der Waals surface area contributed by atoms with E-state index in [2.05, 4.69) is 10.6 Å². The predicted octanol–water partition coefficient (Wildman–Crippen LogP) is 3.25. The van der Waals surface area contributed by atoms with Crippen LogP contribution in [-0.2, 0) is 11.2 Å². The van der Waals surface area contributed by atoms with Crippen LogP contribution in [0.1, 0.15) is 19.4 Å². The lowest BCUT2D eigenvalue weighted by molar-refractivity contribution is -0.115. The van der Waals surface area contributed by atoms with E-state index in [1.807, 2.05) is 62.4 Å². The Morgan fingerprint density at radius 3 is 2.52 bits per heavy atom. The van der Waals surface area contributed by atoms with Crippen LogP contribution in [0.25, 0.3) is 0 Å². The van der Waals surface area contributed by atoms with Gasteiger partial charge in [-0.25, -0.2) is 0 Å². The quantitative estimate of drug-likeness (QED) is 0.687. The van der Waals surface area contributed by atoms with Crippen LogP contribution >= 0.6 is 0 Å². The van der Waals surface area contributed by atoms with Gasteiger partial charge in [0.2, 0.25) is 5.91 Å². The van der Waals surface area contributed by atoms with Gasteiger partial charge in [-0.05, 0) is 68.8 Å². The maximum absolute atomic E-state index is 12.0. The van der Waals surface area contributed by atoms with E-state index in [1.54, 1.807) is 7.11 Å². The van der Waals surface area contributed by atoms with Crippen LogP contribution in [0.15, 0.2) is 48.5 Å². The van der Waals surface area contributed by atoms with Crippen LogP contribution in [-0.4, -0.2) is 32.2 Å². The van der Waals surface area contributed by atoms with Crippen LogP contribution in [0.5, 0.6) is 11.5 Å². The SMILES string of the molecule is COc1cccc(CCNCC(=O)Nc2ccc(OC(C)C)cc2)c1. The van der Waals surface area contributed by atoms with Crippen molar-refractivity contribution in [2.24, 2.45) is 0 Å². The molecule has 5 nitrogen and oxygen atoms in total. The number of benzene rings is 2. The molecule has 0 unspecified atom stereocenters. The van der Waals surface area contributed by atoms with Crippen molar-refractivity contribution in [2.45, 2.75) is 26.4 Å². The monoisotopic (exact) mass is 342 g/mol. The van der Waals surface area contributed by atoms with Crippen LogP contribution in [0.2, 0.25) is 0 Å². The van der Waals surface area contributed by atoms with Crippen LogP contribution in [0.4, 0.5) is 5.69 Å². The first kappa shape index (κ1) is 18.8. The van der Waals surface area contributed by atoms with Gasteiger partial charge in [0.15, 0.2) is 0 Å². The molecule has 2 aromatic rings. The van der Waals surface area contributed by atoms with Gasteiger partial charge >= 0.3 is 0 Å². The highest BCUT2D eigenvalue weighted by Crippen LogP contribution is 2.16. The fourth-order valence-electron chi connectivity index (χ4n) is 2.36. The van der Waals surface area contributed by atoms with Gasteiger partial charge in [-0.1, -0.05) is 12.1 Å². The molecule has 25 heavy (non-hydrogen) atoms. The molecule has 0 aliphatic carbocycles. The van der Waals surface area contributed by atoms with Crippen molar-refractivity contribution in [3.05, 3.63) is 54.1 Å². The Labute approximate surface area is 149 Å². The topological polar surface area (TPSA) is 59.6 Å². The number of rotatable bonds is 9. The zero-order valence-corrected chi connectivity index (χ0v) is 15.0. The number of amides is 1. The normalized spacial score (nSPS) is 10.6. The Morgan fingerprint density at radius 2 is 1.84 bits per heavy atom. The van der Waals surface area contributed by atoms with E-state index in [9.17, 15) is 4.79 Å². The molecule has 0 radical (unpaired) electrons. The highest BCUT2D eigenvalue weighted by atomic mass is 16.5. The van der Waals surface area contributed by atoms with Crippen LogP contribution in [0.3, 0.4) is 0 Å². The van der Waals surface area contributed by atoms with E-state index in [4.69, 9.17) is 9.47 Å². The van der Waals surface area contributed by atoms with Crippen LogP contribution in [0, 0.1) is 0 Å². The number of hydrogen-bond acceptors (Lipinski definition) is 4. The molecule has 0 aliphatic rings. The zero-order chi connectivity index (χ0) is 18.1. The molecule has 0 spiro atoms. The summed E-state index contributed by atoms with van der Waals surface area (Å²) in [6.45, 7) is 4.95. The molecule has 2 N–H and O–H groups in total. The summed E-state index contributed by atoms with van der Waals surface area (Å²) in [6, 6.07) is 15.3. The number of carbonyl (C=O) groups is 1. The molecule has 2 aromatic carbocycles. The minimum Gasteiger partial charge on any atom is -0.497 e. The van der Waals surface area contributed by atoms with E-state index in [0.29, 0.717) is 0 Å². The second-order valence-corrected chi connectivity index (χ2v) is 6.02. The molecule has 2 rings (SSSR count). The third-order valence-electron chi connectivity index (χ3n) is 3.52. The van der Waals surface area contributed by atoms with Crippen molar-refractivity contribution in [1.29, 1.82) is 0 Å². The lowest BCUT2D eigenvalue weighted by atomic mass is 10.1. The molecule has 134 valence electrons. The van der Waals surface area contributed by atoms with Gasteiger partial charge in [-0.2, -0.15) is 0 Å². The lowest BCUT2D eigenvalue weighted by Gasteiger charge is -2.11. The second-order valence-electron chi connectivity index (χ2n) is 6.02. The Morgan fingerprint density at radius 1 is 1.08 bits per heavy atom. The van der Waals surface area contributed by atoms with Crippen molar-refractivity contribution < 1.29 is 14.3 Å². The molecule has 0 atom stereocenters. The van der Waals surface area contributed by atoms with Crippen molar-refractivity contribution in [1.82, 2.24) is 5.32 Å². The summed E-state index contributed by atoms with van der Waals surface area (Å²) in [5.74, 6) is 1.58. The third-order valence-corrected chi connectivity index (χ3v) is 3.52. The van der Waals surface area contributed by atoms with Gasteiger partial charge in [0.1, 0.15) is 11.5 Å². The molecular weight excluding hydrogens is 316 g/mol. The third kappa shape index (κ3) is 6.85. The summed E-state index contributed by atoms with van der Waals surface area (Å²) < 4.78 is 10.8. The van der Waals surface area contributed by atoms with Gasteiger partial charge in [0.25, 0.3) is 0 Å². The number of methoxy groups -OCH3 is 1. The Hall–Kier alpha value is -2.53. The number of nitrogens with one attached hydrogen (secondary N) is 2. The van der Waals surface area contributed by atoms with Gasteiger partial charge in [0, 0.05) is 5.69 Å². The molecule has 0 saturated carbocycles. The summed E-state index contributed by atoms with van der Waals surface area (Å²) >= 11 is 0. The van der Waals surface area contributed by atoms with Crippen molar-refractivity contribution >= 4 is 11.6 Å². The van der Waals surface area contributed by atoms with E-state index in [-0.39, 0.29) is 18.6 Å². The van der Waals surface area contributed by atoms with Gasteiger partial charge in [-0.15, -0.1) is 0 Å². The summed E-state index contributed by atoms with van der Waals surface area (Å²) in [6.07, 6.45) is 0.973. The van der Waals surface area contributed by atoms with Crippen molar-refractivity contribution in [3.63, 3.8) is 0 Å². The summed E-state index contributed by atoms with van der Waals surface area (Å²) in [7, 11) is 1.66. The molecule has 0 saturated heterocycles. The van der Waals surface area contributed by atoms with E-state index in [0.717, 1.165) is 30.2 Å². The minimum absolute atomic E-state index is 0.0665. The van der Waals surface area contributed by atoms with Gasteiger partial charge in [-0.3, -0.25) is 4.79 Å². The molecule has 0 bridgehead atoms. The highest BCUT2D eigenvalue weighted by Gasteiger charge is 2.03. The van der Waals surface area contributed by atoms with E-state index < -0.39 is 0 Å². The molecular formula is C20H26N2O3. The van der Waals surface area contributed by atoms with Gasteiger partial charge < -0.3 is 20.1 Å². The highest BCUT2D eigenvalue weighted by molar-refractivity contribution is 5.92. The van der Waals surface area contributed by atoms with Crippen molar-refractivity contribution in [2.75, 3.05) is 25.5 Å². The molecule has 0 aromatic heterocycles.